The summed E-state index contributed by atoms with van der Waals surface area (Å²) in [5, 5.41) is 0. The van der Waals surface area contributed by atoms with Crippen LogP contribution in [0, 0.1) is 5.92 Å². The van der Waals surface area contributed by atoms with E-state index in [4.69, 9.17) is 16.3 Å². The molecule has 0 saturated heterocycles. The van der Waals surface area contributed by atoms with Gasteiger partial charge in [0, 0.05) is 5.54 Å². The Labute approximate surface area is 115 Å². The summed E-state index contributed by atoms with van der Waals surface area (Å²) in [5.74, 6) is 2.36. The SMILES string of the molecule is CCOc1ccc(C2CCC(/C=C/Cl)CC2)cc1. The summed E-state index contributed by atoms with van der Waals surface area (Å²) >= 11 is 5.64. The predicted molar refractivity (Wildman–Crippen MR) is 77.3 cm³/mol. The number of allylic oxidation sites excluding steroid dienone is 1. The lowest BCUT2D eigenvalue weighted by Gasteiger charge is -2.27. The third-order valence-electron chi connectivity index (χ3n) is 3.78. The Hall–Kier alpha value is -0.950. The van der Waals surface area contributed by atoms with Gasteiger partial charge in [0.15, 0.2) is 0 Å². The van der Waals surface area contributed by atoms with Crippen molar-refractivity contribution in [2.45, 2.75) is 38.5 Å². The first-order valence-corrected chi connectivity index (χ1v) is 7.26. The van der Waals surface area contributed by atoms with Gasteiger partial charge >= 0.3 is 0 Å². The molecule has 1 aromatic rings. The molecule has 1 aliphatic carbocycles. The Kier molecular flexibility index (Phi) is 5.12. The summed E-state index contributed by atoms with van der Waals surface area (Å²) in [4.78, 5) is 0. The number of hydrogen-bond donors (Lipinski definition) is 0. The zero-order valence-electron chi connectivity index (χ0n) is 10.9. The second-order valence-corrected chi connectivity index (χ2v) is 5.18. The van der Waals surface area contributed by atoms with Crippen molar-refractivity contribution in [2.75, 3.05) is 6.61 Å². The zero-order valence-corrected chi connectivity index (χ0v) is 11.7. The van der Waals surface area contributed by atoms with Crippen molar-refractivity contribution in [3.8, 4) is 5.75 Å². The highest BCUT2D eigenvalue weighted by molar-refractivity contribution is 6.25. The van der Waals surface area contributed by atoms with Gasteiger partial charge in [0.25, 0.3) is 0 Å². The molecule has 0 N–H and O–H groups in total. The van der Waals surface area contributed by atoms with Crippen LogP contribution in [-0.2, 0) is 0 Å². The number of rotatable bonds is 4. The molecule has 0 atom stereocenters. The largest absolute Gasteiger partial charge is 0.494 e. The highest BCUT2D eigenvalue weighted by Crippen LogP contribution is 2.36. The Morgan fingerprint density at radius 2 is 1.83 bits per heavy atom. The normalized spacial score (nSPS) is 24.3. The molecule has 0 amide bonds. The monoisotopic (exact) mass is 264 g/mol. The average Bonchev–Trinajstić information content (AvgIpc) is 2.41. The lowest BCUT2D eigenvalue weighted by molar-refractivity contribution is 0.339. The van der Waals surface area contributed by atoms with Gasteiger partial charge in [-0.25, -0.2) is 0 Å². The number of halogens is 1. The van der Waals surface area contributed by atoms with Crippen molar-refractivity contribution >= 4 is 11.6 Å². The maximum atomic E-state index is 5.64. The first-order valence-electron chi connectivity index (χ1n) is 6.83. The summed E-state index contributed by atoms with van der Waals surface area (Å²) < 4.78 is 5.47. The Balaban J connectivity index is 1.92. The van der Waals surface area contributed by atoms with Gasteiger partial charge in [0.1, 0.15) is 5.75 Å². The lowest BCUT2D eigenvalue weighted by atomic mass is 9.79. The van der Waals surface area contributed by atoms with Crippen LogP contribution >= 0.6 is 11.6 Å². The number of benzene rings is 1. The number of ether oxygens (including phenoxy) is 1. The first kappa shape index (κ1) is 13.5. The van der Waals surface area contributed by atoms with E-state index in [1.165, 1.54) is 31.2 Å². The maximum absolute atomic E-state index is 5.64. The van der Waals surface area contributed by atoms with Crippen molar-refractivity contribution in [1.82, 2.24) is 0 Å². The molecule has 18 heavy (non-hydrogen) atoms. The van der Waals surface area contributed by atoms with Gasteiger partial charge in [-0.3, -0.25) is 0 Å². The molecule has 0 heterocycles. The summed E-state index contributed by atoms with van der Waals surface area (Å²) in [5.41, 5.74) is 3.12. The van der Waals surface area contributed by atoms with E-state index < -0.39 is 0 Å². The molecule has 2 rings (SSSR count). The summed E-state index contributed by atoms with van der Waals surface area (Å²) in [6.07, 6.45) is 7.16. The van der Waals surface area contributed by atoms with Gasteiger partial charge in [-0.05, 0) is 62.1 Å². The molecule has 1 saturated carbocycles. The van der Waals surface area contributed by atoms with Gasteiger partial charge in [-0.1, -0.05) is 29.8 Å². The average molecular weight is 265 g/mol. The Morgan fingerprint density at radius 1 is 1.17 bits per heavy atom. The van der Waals surface area contributed by atoms with Crippen molar-refractivity contribution in [1.29, 1.82) is 0 Å². The van der Waals surface area contributed by atoms with Crippen LogP contribution in [0.15, 0.2) is 35.9 Å². The van der Waals surface area contributed by atoms with Crippen LogP contribution in [-0.4, -0.2) is 6.61 Å². The molecule has 1 nitrogen and oxygen atoms in total. The Bertz CT molecular complexity index is 375. The summed E-state index contributed by atoms with van der Waals surface area (Å²) in [6.45, 7) is 2.74. The first-order chi connectivity index (χ1) is 8.83. The van der Waals surface area contributed by atoms with Crippen LogP contribution in [0.25, 0.3) is 0 Å². The fourth-order valence-electron chi connectivity index (χ4n) is 2.75. The van der Waals surface area contributed by atoms with E-state index in [9.17, 15) is 0 Å². The molecule has 0 radical (unpaired) electrons. The van der Waals surface area contributed by atoms with Crippen LogP contribution in [0.1, 0.15) is 44.1 Å². The van der Waals surface area contributed by atoms with Gasteiger partial charge in [-0.2, -0.15) is 0 Å². The molecule has 2 heteroatoms. The molecule has 1 aromatic carbocycles. The van der Waals surface area contributed by atoms with Gasteiger partial charge in [-0.15, -0.1) is 0 Å². The van der Waals surface area contributed by atoms with Crippen LogP contribution in [0.3, 0.4) is 0 Å². The second kappa shape index (κ2) is 6.84. The molecular formula is C16H21ClO. The van der Waals surface area contributed by atoms with E-state index >= 15 is 0 Å². The standard InChI is InChI=1S/C16H21ClO/c1-2-18-16-9-7-15(8-10-16)14-5-3-13(4-6-14)11-12-17/h7-14H,2-6H2,1H3/b12-11+. The van der Waals surface area contributed by atoms with Crippen molar-refractivity contribution in [2.24, 2.45) is 5.92 Å². The van der Waals surface area contributed by atoms with E-state index in [-0.39, 0.29) is 0 Å². The zero-order chi connectivity index (χ0) is 12.8. The fraction of sp³-hybridized carbons (Fsp3) is 0.500. The molecule has 1 aliphatic rings. The molecule has 0 unspecified atom stereocenters. The Morgan fingerprint density at radius 3 is 2.39 bits per heavy atom. The lowest BCUT2D eigenvalue weighted by Crippen LogP contribution is -2.11. The van der Waals surface area contributed by atoms with E-state index in [0.717, 1.165) is 12.4 Å². The van der Waals surface area contributed by atoms with Crippen LogP contribution in [0.2, 0.25) is 0 Å². The summed E-state index contributed by atoms with van der Waals surface area (Å²) in [6, 6.07) is 8.61. The van der Waals surface area contributed by atoms with Crippen LogP contribution in [0.4, 0.5) is 0 Å². The minimum Gasteiger partial charge on any atom is -0.494 e. The van der Waals surface area contributed by atoms with E-state index in [0.29, 0.717) is 11.8 Å². The molecule has 0 bridgehead atoms. The topological polar surface area (TPSA) is 9.23 Å². The highest BCUT2D eigenvalue weighted by Gasteiger charge is 2.20. The van der Waals surface area contributed by atoms with Gasteiger partial charge in [0.2, 0.25) is 0 Å². The molecular weight excluding hydrogens is 244 g/mol. The minimum absolute atomic E-state index is 0.682. The molecule has 0 aromatic heterocycles. The molecule has 0 aliphatic heterocycles. The minimum atomic E-state index is 0.682. The quantitative estimate of drug-likeness (QED) is 0.734. The van der Waals surface area contributed by atoms with E-state index in [1.54, 1.807) is 5.54 Å². The van der Waals surface area contributed by atoms with E-state index in [2.05, 4.69) is 30.3 Å². The molecule has 0 spiro atoms. The van der Waals surface area contributed by atoms with E-state index in [1.807, 2.05) is 6.92 Å². The second-order valence-electron chi connectivity index (χ2n) is 4.93. The third-order valence-corrected chi connectivity index (χ3v) is 3.92. The molecule has 1 fully saturated rings. The predicted octanol–water partition coefficient (Wildman–Crippen LogP) is 5.11. The van der Waals surface area contributed by atoms with Gasteiger partial charge in [0.05, 0.1) is 6.61 Å². The smallest absolute Gasteiger partial charge is 0.119 e. The van der Waals surface area contributed by atoms with Crippen molar-refractivity contribution in [3.05, 3.63) is 41.4 Å². The number of hydrogen-bond acceptors (Lipinski definition) is 1. The molecule has 98 valence electrons. The fourth-order valence-corrected chi connectivity index (χ4v) is 2.96. The third kappa shape index (κ3) is 3.52. The highest BCUT2D eigenvalue weighted by atomic mass is 35.5. The van der Waals surface area contributed by atoms with Crippen molar-refractivity contribution in [3.63, 3.8) is 0 Å². The van der Waals surface area contributed by atoms with Gasteiger partial charge < -0.3 is 4.74 Å². The van der Waals surface area contributed by atoms with Crippen LogP contribution < -0.4 is 4.74 Å². The van der Waals surface area contributed by atoms with Crippen LogP contribution in [0.5, 0.6) is 5.75 Å². The maximum Gasteiger partial charge on any atom is 0.119 e. The summed E-state index contributed by atoms with van der Waals surface area (Å²) in [7, 11) is 0. The van der Waals surface area contributed by atoms with Crippen molar-refractivity contribution < 1.29 is 4.74 Å².